The Bertz CT molecular complexity index is 699. The number of fused-ring (bicyclic) bond motifs is 1. The molecule has 2 N–H and O–H groups in total. The maximum atomic E-state index is 12.6. The van der Waals surface area contributed by atoms with E-state index in [4.69, 9.17) is 0 Å². The van der Waals surface area contributed by atoms with Crippen LogP contribution in [0.2, 0.25) is 0 Å². The lowest BCUT2D eigenvalue weighted by Crippen LogP contribution is -2.30. The highest BCUT2D eigenvalue weighted by atomic mass is 32.2. The van der Waals surface area contributed by atoms with Crippen LogP contribution in [0.1, 0.15) is 42.2 Å². The van der Waals surface area contributed by atoms with E-state index in [1.54, 1.807) is 0 Å². The molecule has 3 nitrogen and oxygen atoms in total. The molecule has 1 heterocycles. The zero-order valence-corrected chi connectivity index (χ0v) is 14.3. The normalized spacial score (nSPS) is 16.7. The molecule has 3 rings (SSSR count). The average Bonchev–Trinajstić information content (AvgIpc) is 2.55. The van der Waals surface area contributed by atoms with Crippen molar-refractivity contribution >= 4 is 23.4 Å². The minimum Gasteiger partial charge on any atom is -0.383 e. The van der Waals surface area contributed by atoms with E-state index in [0.29, 0.717) is 11.6 Å². The van der Waals surface area contributed by atoms with Gasteiger partial charge in [-0.25, -0.2) is 0 Å². The molecule has 1 atom stereocenters. The topological polar surface area (TPSA) is 41.1 Å². The minimum absolute atomic E-state index is 0.0101. The molecule has 120 valence electrons. The van der Waals surface area contributed by atoms with E-state index in [1.807, 2.05) is 42.1 Å². The predicted octanol–water partition coefficient (Wildman–Crippen LogP) is 4.47. The van der Waals surface area contributed by atoms with Gasteiger partial charge in [-0.15, -0.1) is 11.8 Å². The molecule has 0 aliphatic carbocycles. The molecule has 0 spiro atoms. The van der Waals surface area contributed by atoms with Crippen LogP contribution in [0.5, 0.6) is 0 Å². The first kappa shape index (κ1) is 15.9. The van der Waals surface area contributed by atoms with E-state index in [9.17, 15) is 4.79 Å². The molecule has 2 aromatic carbocycles. The Morgan fingerprint density at radius 2 is 2.00 bits per heavy atom. The third-order valence-electron chi connectivity index (χ3n) is 3.84. The molecular weight excluding hydrogens is 304 g/mol. The number of anilines is 1. The molecule has 1 aliphatic heterocycles. The third kappa shape index (κ3) is 3.88. The van der Waals surface area contributed by atoms with Crippen LogP contribution in [-0.4, -0.2) is 17.7 Å². The Balaban J connectivity index is 1.75. The summed E-state index contributed by atoms with van der Waals surface area (Å²) in [4.78, 5) is 13.9. The molecule has 2 aromatic rings. The molecule has 1 aliphatic rings. The first-order valence-electron chi connectivity index (χ1n) is 8.02. The summed E-state index contributed by atoms with van der Waals surface area (Å²) in [5.74, 6) is 1.03. The fraction of sp³-hybridized carbons (Fsp3) is 0.316. The van der Waals surface area contributed by atoms with Crippen molar-refractivity contribution in [3.63, 3.8) is 0 Å². The van der Waals surface area contributed by atoms with Crippen LogP contribution < -0.4 is 10.6 Å². The number of carbonyl (C=O) groups is 1. The van der Waals surface area contributed by atoms with E-state index in [-0.39, 0.29) is 11.9 Å². The van der Waals surface area contributed by atoms with Gasteiger partial charge in [-0.2, -0.15) is 0 Å². The van der Waals surface area contributed by atoms with Crippen molar-refractivity contribution in [1.29, 1.82) is 0 Å². The van der Waals surface area contributed by atoms with Crippen molar-refractivity contribution in [1.82, 2.24) is 5.32 Å². The lowest BCUT2D eigenvalue weighted by Gasteiger charge is -2.26. The van der Waals surface area contributed by atoms with Crippen molar-refractivity contribution < 1.29 is 4.79 Å². The minimum atomic E-state index is -0.0101. The van der Waals surface area contributed by atoms with Crippen LogP contribution in [0.25, 0.3) is 0 Å². The Morgan fingerprint density at radius 3 is 2.83 bits per heavy atom. The van der Waals surface area contributed by atoms with Gasteiger partial charge >= 0.3 is 0 Å². The van der Waals surface area contributed by atoms with Gasteiger partial charge in [0.1, 0.15) is 0 Å². The zero-order chi connectivity index (χ0) is 16.2. The highest BCUT2D eigenvalue weighted by Crippen LogP contribution is 2.35. The van der Waals surface area contributed by atoms with Gasteiger partial charge in [0.2, 0.25) is 0 Å². The Morgan fingerprint density at radius 1 is 1.17 bits per heavy atom. The van der Waals surface area contributed by atoms with E-state index in [1.165, 1.54) is 10.5 Å². The van der Waals surface area contributed by atoms with Crippen LogP contribution in [0, 0.1) is 0 Å². The smallest absolute Gasteiger partial charge is 0.251 e. The molecule has 0 radical (unpaired) electrons. The summed E-state index contributed by atoms with van der Waals surface area (Å²) in [6.07, 6.45) is 0.970. The highest BCUT2D eigenvalue weighted by Gasteiger charge is 2.22. The van der Waals surface area contributed by atoms with Gasteiger partial charge in [-0.1, -0.05) is 24.3 Å². The van der Waals surface area contributed by atoms with Crippen molar-refractivity contribution in [3.8, 4) is 0 Å². The van der Waals surface area contributed by atoms with Gasteiger partial charge in [0, 0.05) is 27.9 Å². The van der Waals surface area contributed by atoms with Gasteiger partial charge in [-0.3, -0.25) is 4.79 Å². The first-order valence-corrected chi connectivity index (χ1v) is 9.01. The number of carbonyl (C=O) groups excluding carboxylic acids is 1. The number of benzene rings is 2. The van der Waals surface area contributed by atoms with Crippen molar-refractivity contribution in [2.24, 2.45) is 0 Å². The number of rotatable bonds is 4. The fourth-order valence-electron chi connectivity index (χ4n) is 2.82. The second-order valence-corrected chi connectivity index (χ2v) is 7.22. The summed E-state index contributed by atoms with van der Waals surface area (Å²) < 4.78 is 0. The summed E-state index contributed by atoms with van der Waals surface area (Å²) >= 11 is 1.86. The largest absolute Gasteiger partial charge is 0.383 e. The maximum absolute atomic E-state index is 12.6. The number of hydrogen-bond donors (Lipinski definition) is 2. The number of thioether (sulfide) groups is 1. The standard InChI is InChI=1S/C19H22N2OS/c1-13(2)20-15-7-5-6-14(12-15)19(22)21-17-10-11-23-18-9-4-3-8-16(17)18/h3-9,12-13,17,20H,10-11H2,1-2H3,(H,21,22). The lowest BCUT2D eigenvalue weighted by atomic mass is 10.0. The second kappa shape index (κ2) is 7.09. The molecule has 1 unspecified atom stereocenters. The fourth-order valence-corrected chi connectivity index (χ4v) is 3.94. The van der Waals surface area contributed by atoms with Crippen molar-refractivity contribution in [2.45, 2.75) is 37.2 Å². The number of nitrogens with one attached hydrogen (secondary N) is 2. The lowest BCUT2D eigenvalue weighted by molar-refractivity contribution is 0.0935. The van der Waals surface area contributed by atoms with Crippen LogP contribution in [0.15, 0.2) is 53.4 Å². The van der Waals surface area contributed by atoms with Gasteiger partial charge in [0.05, 0.1) is 6.04 Å². The SMILES string of the molecule is CC(C)Nc1cccc(C(=O)NC2CCSc3ccccc32)c1. The zero-order valence-electron chi connectivity index (χ0n) is 13.5. The van der Waals surface area contributed by atoms with Crippen LogP contribution >= 0.6 is 11.8 Å². The van der Waals surface area contributed by atoms with Crippen LogP contribution in [0.3, 0.4) is 0 Å². The Labute approximate surface area is 141 Å². The van der Waals surface area contributed by atoms with Crippen molar-refractivity contribution in [2.75, 3.05) is 11.1 Å². The summed E-state index contributed by atoms with van der Waals surface area (Å²) in [7, 11) is 0. The van der Waals surface area contributed by atoms with Crippen molar-refractivity contribution in [3.05, 3.63) is 59.7 Å². The van der Waals surface area contributed by atoms with Gasteiger partial charge in [0.25, 0.3) is 5.91 Å². The third-order valence-corrected chi connectivity index (χ3v) is 4.97. The van der Waals surface area contributed by atoms with E-state index in [2.05, 4.69) is 42.7 Å². The first-order chi connectivity index (χ1) is 11.1. The summed E-state index contributed by atoms with van der Waals surface area (Å²) in [6.45, 7) is 4.17. The Kier molecular flexibility index (Phi) is 4.91. The van der Waals surface area contributed by atoms with Gasteiger partial charge in [-0.05, 0) is 50.1 Å². The molecule has 1 amide bonds. The second-order valence-electron chi connectivity index (χ2n) is 6.08. The van der Waals surface area contributed by atoms with E-state index >= 15 is 0 Å². The number of amides is 1. The molecular formula is C19H22N2OS. The molecule has 0 bridgehead atoms. The van der Waals surface area contributed by atoms with Gasteiger partial charge in [0.15, 0.2) is 0 Å². The predicted molar refractivity (Wildman–Crippen MR) is 97.2 cm³/mol. The molecule has 0 aromatic heterocycles. The monoisotopic (exact) mass is 326 g/mol. The molecule has 0 saturated heterocycles. The quantitative estimate of drug-likeness (QED) is 0.871. The van der Waals surface area contributed by atoms with E-state index < -0.39 is 0 Å². The summed E-state index contributed by atoms with van der Waals surface area (Å²) in [6, 6.07) is 16.5. The van der Waals surface area contributed by atoms with Gasteiger partial charge < -0.3 is 10.6 Å². The number of hydrogen-bond acceptors (Lipinski definition) is 3. The Hall–Kier alpha value is -1.94. The highest BCUT2D eigenvalue weighted by molar-refractivity contribution is 7.99. The summed E-state index contributed by atoms with van der Waals surface area (Å²) in [5, 5.41) is 6.53. The van der Waals surface area contributed by atoms with Crippen LogP contribution in [-0.2, 0) is 0 Å². The molecule has 4 heteroatoms. The molecule has 23 heavy (non-hydrogen) atoms. The van der Waals surface area contributed by atoms with Crippen LogP contribution in [0.4, 0.5) is 5.69 Å². The molecule has 0 fully saturated rings. The summed E-state index contributed by atoms with van der Waals surface area (Å²) in [5.41, 5.74) is 2.91. The maximum Gasteiger partial charge on any atom is 0.251 e. The molecule has 0 saturated carbocycles. The average molecular weight is 326 g/mol. The van der Waals surface area contributed by atoms with E-state index in [0.717, 1.165) is 17.9 Å².